The third-order valence-electron chi connectivity index (χ3n) is 4.62. The molecule has 4 rings (SSSR count). The molecule has 0 radical (unpaired) electrons. The zero-order valence-electron chi connectivity index (χ0n) is 15.2. The van der Waals surface area contributed by atoms with E-state index < -0.39 is 16.9 Å². The number of hydrogen-bond acceptors (Lipinski definition) is 7. The molecule has 1 unspecified atom stereocenters. The van der Waals surface area contributed by atoms with E-state index in [1.807, 2.05) is 18.2 Å². The quantitative estimate of drug-likeness (QED) is 0.590. The van der Waals surface area contributed by atoms with E-state index in [2.05, 4.69) is 15.5 Å². The lowest BCUT2D eigenvalue weighted by atomic mass is 10.1. The second-order valence-corrected chi connectivity index (χ2v) is 7.62. The predicted octanol–water partition coefficient (Wildman–Crippen LogP) is 3.02. The summed E-state index contributed by atoms with van der Waals surface area (Å²) in [6, 6.07) is 11.7. The van der Waals surface area contributed by atoms with Gasteiger partial charge in [-0.2, -0.15) is 0 Å². The van der Waals surface area contributed by atoms with Gasteiger partial charge in [0.2, 0.25) is 0 Å². The van der Waals surface area contributed by atoms with Crippen molar-refractivity contribution in [2.24, 2.45) is 4.99 Å². The first-order valence-electron chi connectivity index (χ1n) is 8.92. The average molecular weight is 411 g/mol. The highest BCUT2D eigenvalue weighted by Crippen LogP contribution is 2.33. The maximum Gasteiger partial charge on any atom is 0.326 e. The molecule has 0 aromatic heterocycles. The highest BCUT2D eigenvalue weighted by molar-refractivity contribution is 8.14. The van der Waals surface area contributed by atoms with Gasteiger partial charge in [0.1, 0.15) is 0 Å². The predicted molar refractivity (Wildman–Crippen MR) is 110 cm³/mol. The summed E-state index contributed by atoms with van der Waals surface area (Å²) in [5.41, 5.74) is 1.57. The van der Waals surface area contributed by atoms with Crippen molar-refractivity contribution in [3.05, 3.63) is 69.8 Å². The van der Waals surface area contributed by atoms with Crippen LogP contribution in [0, 0.1) is 10.1 Å². The van der Waals surface area contributed by atoms with Crippen molar-refractivity contribution < 1.29 is 14.5 Å². The second-order valence-electron chi connectivity index (χ2n) is 6.56. The molecule has 10 heteroatoms. The first-order valence-corrected chi connectivity index (χ1v) is 9.90. The molecule has 2 aliphatic rings. The Balaban J connectivity index is 1.38. The van der Waals surface area contributed by atoms with Gasteiger partial charge in [0.25, 0.3) is 11.6 Å². The SMILES string of the molecule is O=C(NC(=O)c1ccc([N+](=O)[O-])cc1)Nc1cccc(C2CN3CCSC3=N2)c1. The number of carbonyl (C=O) groups excluding carboxylic acids is 2. The summed E-state index contributed by atoms with van der Waals surface area (Å²) in [5, 5.41) is 16.6. The third kappa shape index (κ3) is 4.21. The lowest BCUT2D eigenvalue weighted by molar-refractivity contribution is -0.384. The standard InChI is InChI=1S/C19H17N5O4S/c25-17(12-4-6-15(7-5-12)24(27)28)22-18(26)20-14-3-1-2-13(10-14)16-11-23-8-9-29-19(23)21-16/h1-7,10,16H,8-9,11H2,(H2,20,22,25,26). The smallest absolute Gasteiger partial charge is 0.326 e. The summed E-state index contributed by atoms with van der Waals surface area (Å²) < 4.78 is 0. The highest BCUT2D eigenvalue weighted by Gasteiger charge is 2.30. The van der Waals surface area contributed by atoms with Crippen LogP contribution in [0.1, 0.15) is 22.0 Å². The molecular weight excluding hydrogens is 394 g/mol. The van der Waals surface area contributed by atoms with E-state index in [0.717, 1.165) is 29.6 Å². The molecule has 0 saturated carbocycles. The van der Waals surface area contributed by atoms with Gasteiger partial charge in [-0.1, -0.05) is 23.9 Å². The van der Waals surface area contributed by atoms with Gasteiger partial charge in [0, 0.05) is 42.2 Å². The topological polar surface area (TPSA) is 117 Å². The Bertz CT molecular complexity index is 1010. The highest BCUT2D eigenvalue weighted by atomic mass is 32.2. The Morgan fingerprint density at radius 1 is 1.21 bits per heavy atom. The normalized spacial score (nSPS) is 17.4. The van der Waals surface area contributed by atoms with Crippen molar-refractivity contribution in [3.8, 4) is 0 Å². The van der Waals surface area contributed by atoms with Crippen molar-refractivity contribution in [2.45, 2.75) is 6.04 Å². The first kappa shape index (κ1) is 18.9. The number of nitrogens with zero attached hydrogens (tertiary/aromatic N) is 3. The number of non-ortho nitro benzene ring substituents is 1. The second kappa shape index (κ2) is 7.92. The van der Waals surface area contributed by atoms with Crippen LogP contribution in [-0.2, 0) is 0 Å². The van der Waals surface area contributed by atoms with Crippen molar-refractivity contribution >= 4 is 40.2 Å². The van der Waals surface area contributed by atoms with E-state index in [9.17, 15) is 19.7 Å². The van der Waals surface area contributed by atoms with E-state index in [1.165, 1.54) is 24.3 Å². The average Bonchev–Trinajstić information content (AvgIpc) is 3.30. The Labute approximate surface area is 170 Å². The van der Waals surface area contributed by atoms with Gasteiger partial charge in [0.15, 0.2) is 5.17 Å². The van der Waals surface area contributed by atoms with Crippen LogP contribution in [0.3, 0.4) is 0 Å². The van der Waals surface area contributed by atoms with Crippen LogP contribution in [0.4, 0.5) is 16.2 Å². The number of nitrogens with one attached hydrogen (secondary N) is 2. The number of anilines is 1. The fourth-order valence-electron chi connectivity index (χ4n) is 3.18. The van der Waals surface area contributed by atoms with E-state index in [-0.39, 0.29) is 17.3 Å². The summed E-state index contributed by atoms with van der Waals surface area (Å²) in [7, 11) is 0. The Morgan fingerprint density at radius 3 is 2.72 bits per heavy atom. The lowest BCUT2D eigenvalue weighted by Crippen LogP contribution is -2.34. The number of urea groups is 1. The van der Waals surface area contributed by atoms with Crippen LogP contribution in [0.5, 0.6) is 0 Å². The van der Waals surface area contributed by atoms with E-state index in [4.69, 9.17) is 4.99 Å². The van der Waals surface area contributed by atoms with Crippen molar-refractivity contribution in [3.63, 3.8) is 0 Å². The van der Waals surface area contributed by atoms with Gasteiger partial charge < -0.3 is 10.2 Å². The van der Waals surface area contributed by atoms with Gasteiger partial charge in [-0.05, 0) is 29.8 Å². The minimum atomic E-state index is -0.681. The number of imide groups is 1. The molecule has 2 heterocycles. The molecule has 148 valence electrons. The molecule has 3 amide bonds. The maximum atomic E-state index is 12.2. The summed E-state index contributed by atoms with van der Waals surface area (Å²) in [6.07, 6.45) is 0. The largest absolute Gasteiger partial charge is 0.348 e. The number of aliphatic imine (C=N–C) groups is 1. The number of nitro benzene ring substituents is 1. The van der Waals surface area contributed by atoms with Crippen LogP contribution in [0.2, 0.25) is 0 Å². The molecule has 9 nitrogen and oxygen atoms in total. The molecule has 0 spiro atoms. The number of rotatable bonds is 4. The molecule has 2 aliphatic heterocycles. The molecule has 0 aliphatic carbocycles. The molecule has 2 aromatic carbocycles. The Hall–Kier alpha value is -3.40. The first-order chi connectivity index (χ1) is 14.0. The van der Waals surface area contributed by atoms with Crippen LogP contribution in [0.15, 0.2) is 53.5 Å². The van der Waals surface area contributed by atoms with E-state index in [0.29, 0.717) is 5.69 Å². The maximum absolute atomic E-state index is 12.2. The van der Waals surface area contributed by atoms with Gasteiger partial charge >= 0.3 is 6.03 Å². The number of thioether (sulfide) groups is 1. The fraction of sp³-hybridized carbons (Fsp3) is 0.211. The lowest BCUT2D eigenvalue weighted by Gasteiger charge is -2.14. The molecule has 1 saturated heterocycles. The summed E-state index contributed by atoms with van der Waals surface area (Å²) in [6.45, 7) is 1.84. The van der Waals surface area contributed by atoms with Crippen LogP contribution in [-0.4, -0.2) is 45.8 Å². The summed E-state index contributed by atoms with van der Waals surface area (Å²) in [4.78, 5) is 41.4. The Morgan fingerprint density at radius 2 is 2.00 bits per heavy atom. The Kier molecular flexibility index (Phi) is 5.17. The molecule has 1 atom stereocenters. The zero-order chi connectivity index (χ0) is 20.4. The van der Waals surface area contributed by atoms with Gasteiger partial charge in [-0.15, -0.1) is 0 Å². The molecule has 1 fully saturated rings. The molecule has 2 N–H and O–H groups in total. The number of fused-ring (bicyclic) bond motifs is 1. The number of hydrogen-bond donors (Lipinski definition) is 2. The van der Waals surface area contributed by atoms with E-state index in [1.54, 1.807) is 17.8 Å². The van der Waals surface area contributed by atoms with Gasteiger partial charge in [-0.25, -0.2) is 4.79 Å². The van der Waals surface area contributed by atoms with Crippen LogP contribution < -0.4 is 10.6 Å². The third-order valence-corrected chi connectivity index (χ3v) is 5.63. The summed E-state index contributed by atoms with van der Waals surface area (Å²) in [5.74, 6) is 0.421. The minimum Gasteiger partial charge on any atom is -0.348 e. The van der Waals surface area contributed by atoms with Gasteiger partial charge in [0.05, 0.1) is 11.0 Å². The molecule has 0 bridgehead atoms. The van der Waals surface area contributed by atoms with Crippen molar-refractivity contribution in [2.75, 3.05) is 24.2 Å². The number of amidine groups is 1. The minimum absolute atomic E-state index is 0.0318. The van der Waals surface area contributed by atoms with Crippen LogP contribution >= 0.6 is 11.8 Å². The molecule has 29 heavy (non-hydrogen) atoms. The molecule has 2 aromatic rings. The number of carbonyl (C=O) groups is 2. The molecular formula is C19H17N5O4S. The summed E-state index contributed by atoms with van der Waals surface area (Å²) >= 11 is 1.75. The van der Waals surface area contributed by atoms with Crippen molar-refractivity contribution in [1.82, 2.24) is 10.2 Å². The van der Waals surface area contributed by atoms with Crippen LogP contribution in [0.25, 0.3) is 0 Å². The number of amides is 3. The zero-order valence-corrected chi connectivity index (χ0v) is 16.0. The fourth-order valence-corrected chi connectivity index (χ4v) is 4.23. The monoisotopic (exact) mass is 411 g/mol. The van der Waals surface area contributed by atoms with Crippen molar-refractivity contribution in [1.29, 1.82) is 0 Å². The van der Waals surface area contributed by atoms with Gasteiger partial charge in [-0.3, -0.25) is 25.2 Å². The number of benzene rings is 2. The van der Waals surface area contributed by atoms with E-state index >= 15 is 0 Å². The number of nitro groups is 1.